The van der Waals surface area contributed by atoms with Crippen LogP contribution in [0.2, 0.25) is 0 Å². The molecule has 2 saturated carbocycles. The van der Waals surface area contributed by atoms with E-state index in [1.54, 1.807) is 37.7 Å². The zero-order chi connectivity index (χ0) is 51.2. The van der Waals surface area contributed by atoms with Gasteiger partial charge in [-0.3, -0.25) is 33.4 Å². The highest BCUT2D eigenvalue weighted by molar-refractivity contribution is 5.95. The van der Waals surface area contributed by atoms with Crippen LogP contribution < -0.4 is 31.9 Å². The number of aromatic nitrogens is 3. The first kappa shape index (κ1) is 52.2. The van der Waals surface area contributed by atoms with Gasteiger partial charge in [-0.25, -0.2) is 0 Å². The Balaban J connectivity index is 0.860. The van der Waals surface area contributed by atoms with Gasteiger partial charge in [0.05, 0.1) is 30.4 Å². The van der Waals surface area contributed by atoms with E-state index in [-0.39, 0.29) is 59.4 Å². The van der Waals surface area contributed by atoms with Crippen molar-refractivity contribution in [2.24, 2.45) is 23.7 Å². The fraction of sp³-hybridized carbons (Fsp3) is 0.643. The van der Waals surface area contributed by atoms with Crippen LogP contribution in [-0.2, 0) is 41.7 Å². The number of rotatable bonds is 17. The summed E-state index contributed by atoms with van der Waals surface area (Å²) in [7, 11) is 3.45. The summed E-state index contributed by atoms with van der Waals surface area (Å²) in [5.41, 5.74) is 3.88. The molecule has 1 aromatic heterocycles. The molecule has 6 amide bonds. The number of nitrogens with zero attached hydrogens (tertiary/aromatic N) is 5. The van der Waals surface area contributed by atoms with Gasteiger partial charge in [0.25, 0.3) is 0 Å². The van der Waals surface area contributed by atoms with Crippen molar-refractivity contribution < 1.29 is 28.8 Å². The van der Waals surface area contributed by atoms with Crippen LogP contribution >= 0.6 is 0 Å². The second kappa shape index (κ2) is 23.7. The maximum Gasteiger partial charge on any atom is 0.246 e. The number of carbonyl (C=O) groups excluding carboxylic acids is 6. The van der Waals surface area contributed by atoms with Crippen molar-refractivity contribution in [3.8, 4) is 0 Å². The van der Waals surface area contributed by atoms with Gasteiger partial charge in [-0.05, 0) is 145 Å². The zero-order valence-electron chi connectivity index (χ0n) is 43.4. The van der Waals surface area contributed by atoms with E-state index in [2.05, 4.69) is 60.4 Å². The van der Waals surface area contributed by atoms with E-state index in [9.17, 15) is 28.8 Å². The average Bonchev–Trinajstić information content (AvgIpc) is 4.29. The highest BCUT2D eigenvalue weighted by Crippen LogP contribution is 2.48. The van der Waals surface area contributed by atoms with E-state index in [1.165, 1.54) is 5.56 Å². The van der Waals surface area contributed by atoms with Crippen LogP contribution in [0.4, 0.5) is 0 Å². The molecule has 2 aromatic carbocycles. The molecule has 0 bridgehead atoms. The second-order valence-corrected chi connectivity index (χ2v) is 22.1. The van der Waals surface area contributed by atoms with E-state index in [0.717, 1.165) is 101 Å². The Hall–Kier alpha value is -5.68. The molecule has 17 heteroatoms. The fourth-order valence-electron chi connectivity index (χ4n) is 13.3. The van der Waals surface area contributed by atoms with Crippen molar-refractivity contribution in [1.82, 2.24) is 56.7 Å². The van der Waals surface area contributed by atoms with Gasteiger partial charge in [-0.2, -0.15) is 0 Å². The summed E-state index contributed by atoms with van der Waals surface area (Å²) in [5, 5.41) is 28.1. The largest absolute Gasteiger partial charge is 0.347 e. The Kier molecular flexibility index (Phi) is 16.9. The zero-order valence-corrected chi connectivity index (χ0v) is 43.4. The number of benzene rings is 2. The van der Waals surface area contributed by atoms with Crippen molar-refractivity contribution in [3.05, 3.63) is 83.2 Å². The SMILES string of the molecule is CN[C@@H](C)C(=O)N[C@H]1CCCC[C@H]2CC[C@@H](C(=O)NC(c3ccccc3)c3cn(CC4CCC([C@@H]5Cc6ccccc6[C@@H]5NC(=O)[C@@H]5CCCN5C(=O)[C@@H](NC(=O)[C@H](C)NC)C5CCCCC5)C4)nn3)N2C1=O. The maximum absolute atomic E-state index is 14.6. The van der Waals surface area contributed by atoms with Crippen molar-refractivity contribution in [3.63, 3.8) is 0 Å². The number of carbonyl (C=O) groups is 6. The first-order chi connectivity index (χ1) is 35.4. The first-order valence-electron chi connectivity index (χ1n) is 27.6. The van der Waals surface area contributed by atoms with Crippen LogP contribution in [-0.4, -0.2) is 123 Å². The minimum atomic E-state index is -0.688. The Bertz CT molecular complexity index is 2430. The Morgan fingerprint density at radius 3 is 2.22 bits per heavy atom. The summed E-state index contributed by atoms with van der Waals surface area (Å²) < 4.78 is 1.90. The predicted octanol–water partition coefficient (Wildman–Crippen LogP) is 4.62. The van der Waals surface area contributed by atoms with E-state index in [1.807, 2.05) is 47.3 Å². The highest BCUT2D eigenvalue weighted by atomic mass is 16.2. The lowest BCUT2D eigenvalue weighted by molar-refractivity contribution is -0.144. The molecule has 0 radical (unpaired) electrons. The van der Waals surface area contributed by atoms with Crippen LogP contribution in [0.1, 0.15) is 151 Å². The summed E-state index contributed by atoms with van der Waals surface area (Å²) in [6.07, 6.45) is 16.4. The van der Waals surface area contributed by atoms with Crippen molar-refractivity contribution >= 4 is 35.4 Å². The molecule has 6 N–H and O–H groups in total. The summed E-state index contributed by atoms with van der Waals surface area (Å²) in [6.45, 7) is 4.71. The Labute approximate surface area is 430 Å². The number of nitrogens with one attached hydrogen (secondary N) is 6. The van der Waals surface area contributed by atoms with Gasteiger partial charge in [0.1, 0.15) is 29.9 Å². The first-order valence-corrected chi connectivity index (χ1v) is 27.6. The van der Waals surface area contributed by atoms with Gasteiger partial charge in [0.15, 0.2) is 0 Å². The molecule has 4 heterocycles. The molecule has 394 valence electrons. The van der Waals surface area contributed by atoms with Gasteiger partial charge >= 0.3 is 0 Å². The third-order valence-corrected chi connectivity index (χ3v) is 17.6. The number of likely N-dealkylation sites (N-methyl/N-ethyl adjacent to an activating group) is 2. The van der Waals surface area contributed by atoms with Crippen molar-refractivity contribution in [2.45, 2.75) is 184 Å². The van der Waals surface area contributed by atoms with Gasteiger partial charge in [0.2, 0.25) is 35.4 Å². The van der Waals surface area contributed by atoms with Gasteiger partial charge < -0.3 is 41.7 Å². The fourth-order valence-corrected chi connectivity index (χ4v) is 13.3. The Morgan fingerprint density at radius 2 is 1.44 bits per heavy atom. The van der Waals surface area contributed by atoms with Crippen LogP contribution in [0.5, 0.6) is 0 Å². The summed E-state index contributed by atoms with van der Waals surface area (Å²) in [5.74, 6) is -0.216. The summed E-state index contributed by atoms with van der Waals surface area (Å²) in [6, 6.07) is 13.8. The molecule has 3 aromatic rings. The van der Waals surface area contributed by atoms with Crippen LogP contribution in [0.3, 0.4) is 0 Å². The molecule has 3 aliphatic heterocycles. The van der Waals surface area contributed by atoms with Crippen LogP contribution in [0, 0.1) is 23.7 Å². The van der Waals surface area contributed by atoms with Crippen LogP contribution in [0.15, 0.2) is 60.8 Å². The molecule has 0 spiro atoms. The molecule has 3 aliphatic carbocycles. The number of amides is 6. The molecular formula is C56H79N11O6. The maximum atomic E-state index is 14.6. The number of fused-ring (bicyclic) bond motifs is 2. The molecule has 3 saturated heterocycles. The molecule has 17 nitrogen and oxygen atoms in total. The lowest BCUT2D eigenvalue weighted by Gasteiger charge is -2.36. The number of hydrogen-bond donors (Lipinski definition) is 6. The summed E-state index contributed by atoms with van der Waals surface area (Å²) >= 11 is 0. The van der Waals surface area contributed by atoms with E-state index < -0.39 is 42.3 Å². The molecule has 12 atom stereocenters. The molecule has 5 fully saturated rings. The lowest BCUT2D eigenvalue weighted by atomic mass is 9.83. The van der Waals surface area contributed by atoms with Gasteiger partial charge in [-0.1, -0.05) is 91.9 Å². The third-order valence-electron chi connectivity index (χ3n) is 17.6. The molecule has 9 rings (SSSR count). The minimum Gasteiger partial charge on any atom is -0.347 e. The number of hydrogen-bond acceptors (Lipinski definition) is 10. The third kappa shape index (κ3) is 11.7. The molecular weight excluding hydrogens is 923 g/mol. The molecule has 73 heavy (non-hydrogen) atoms. The second-order valence-electron chi connectivity index (χ2n) is 22.1. The molecule has 6 aliphatic rings. The minimum absolute atomic E-state index is 0.0481. The summed E-state index contributed by atoms with van der Waals surface area (Å²) in [4.78, 5) is 87.4. The van der Waals surface area contributed by atoms with Crippen molar-refractivity contribution in [1.29, 1.82) is 0 Å². The smallest absolute Gasteiger partial charge is 0.246 e. The van der Waals surface area contributed by atoms with E-state index in [0.29, 0.717) is 49.9 Å². The number of likely N-dealkylation sites (tertiary alicyclic amines) is 1. The standard InChI is InChI=1S/C56H79N11O6/c1-34(57-3)51(68)59-44-23-14-12-21-41-27-28-47(67(41)55(44)72)54(71)60-48(37-16-7-5-8-17-37)45-33-65(64-63-45)32-36-25-26-40(30-36)43-31-39-20-11-13-22-42(39)50(43)62-53(70)46-24-15-29-66(46)56(73)49(38-18-9-6-10-19-38)61-52(69)35(2)58-4/h5,7-8,11,13,16-17,20,22,33-36,38,40-41,43-44,46-50,57-58H,6,9-10,12,14-15,18-19,21,23-32H2,1-4H3,(H,59,68)(H,60,71)(H,61,69)(H,62,70)/t34-,35-,36?,40?,41-,43-,44-,46-,47-,48?,49-,50-/m0/s1. The normalized spacial score (nSPS) is 28.0. The van der Waals surface area contributed by atoms with E-state index >= 15 is 0 Å². The predicted molar refractivity (Wildman–Crippen MR) is 276 cm³/mol. The monoisotopic (exact) mass is 1000 g/mol. The van der Waals surface area contributed by atoms with Gasteiger partial charge in [-0.15, -0.1) is 5.10 Å². The lowest BCUT2D eigenvalue weighted by Crippen LogP contribution is -2.58. The molecule has 3 unspecified atom stereocenters. The topological polar surface area (TPSA) is 212 Å². The van der Waals surface area contributed by atoms with E-state index in [4.69, 9.17) is 0 Å². The van der Waals surface area contributed by atoms with Gasteiger partial charge in [0, 0.05) is 19.1 Å². The van der Waals surface area contributed by atoms with Crippen molar-refractivity contribution in [2.75, 3.05) is 20.6 Å². The average molecular weight is 1000 g/mol. The Morgan fingerprint density at radius 1 is 0.712 bits per heavy atom. The highest BCUT2D eigenvalue weighted by Gasteiger charge is 2.47. The quantitative estimate of drug-likeness (QED) is 0.111. The van der Waals surface area contributed by atoms with Crippen LogP contribution in [0.25, 0.3) is 0 Å².